The molecule has 26 heavy (non-hydrogen) atoms. The first-order valence-electron chi connectivity index (χ1n) is 9.03. The number of carbonyl (C=O) groups excluding carboxylic acids is 3. The van der Waals surface area contributed by atoms with Crippen molar-refractivity contribution in [1.82, 2.24) is 4.90 Å². The van der Waals surface area contributed by atoms with E-state index >= 15 is 0 Å². The minimum Gasteiger partial charge on any atom is -0.322 e. The van der Waals surface area contributed by atoms with Crippen LogP contribution in [0.3, 0.4) is 0 Å². The summed E-state index contributed by atoms with van der Waals surface area (Å²) in [5, 5.41) is 2.80. The second-order valence-corrected chi connectivity index (χ2v) is 6.85. The highest BCUT2D eigenvalue weighted by Crippen LogP contribution is 2.31. The molecule has 2 aliphatic rings. The molecule has 132 valence electrons. The van der Waals surface area contributed by atoms with Crippen LogP contribution in [0.2, 0.25) is 0 Å². The number of nitrogens with one attached hydrogen (secondary N) is 1. The van der Waals surface area contributed by atoms with Crippen LogP contribution < -0.4 is 5.32 Å². The molecule has 0 aromatic heterocycles. The number of benzene rings is 2. The Labute approximate surface area is 152 Å². The molecular weight excluding hydrogens is 328 g/mol. The summed E-state index contributed by atoms with van der Waals surface area (Å²) in [7, 11) is 0. The number of amides is 3. The third kappa shape index (κ3) is 2.90. The average molecular weight is 348 g/mol. The SMILES string of the molecule is O=C(Nc1ccccc1)c1ccc2c(c1)C(=O)N(C1CCCCC1)C2=O. The molecule has 1 heterocycles. The highest BCUT2D eigenvalue weighted by molar-refractivity contribution is 6.22. The summed E-state index contributed by atoms with van der Waals surface area (Å²) < 4.78 is 0. The third-order valence-corrected chi connectivity index (χ3v) is 5.15. The van der Waals surface area contributed by atoms with E-state index in [0.29, 0.717) is 22.4 Å². The molecule has 5 heteroatoms. The fourth-order valence-electron chi connectivity index (χ4n) is 3.80. The smallest absolute Gasteiger partial charge is 0.261 e. The molecule has 2 aromatic rings. The number of imide groups is 1. The normalized spacial score (nSPS) is 17.3. The first kappa shape index (κ1) is 16.5. The summed E-state index contributed by atoms with van der Waals surface area (Å²) in [5.41, 5.74) is 1.79. The Morgan fingerprint density at radius 1 is 0.885 bits per heavy atom. The monoisotopic (exact) mass is 348 g/mol. The van der Waals surface area contributed by atoms with Gasteiger partial charge in [0.05, 0.1) is 11.1 Å². The summed E-state index contributed by atoms with van der Waals surface area (Å²) in [6.07, 6.45) is 4.98. The molecule has 5 nitrogen and oxygen atoms in total. The summed E-state index contributed by atoms with van der Waals surface area (Å²) in [6.45, 7) is 0. The van der Waals surface area contributed by atoms with E-state index in [1.165, 1.54) is 11.0 Å². The van der Waals surface area contributed by atoms with Crippen molar-refractivity contribution in [3.8, 4) is 0 Å². The van der Waals surface area contributed by atoms with Gasteiger partial charge in [0.1, 0.15) is 0 Å². The quantitative estimate of drug-likeness (QED) is 0.856. The maximum Gasteiger partial charge on any atom is 0.261 e. The van der Waals surface area contributed by atoms with Gasteiger partial charge in [-0.3, -0.25) is 19.3 Å². The van der Waals surface area contributed by atoms with Gasteiger partial charge in [-0.1, -0.05) is 37.5 Å². The van der Waals surface area contributed by atoms with Crippen molar-refractivity contribution in [2.24, 2.45) is 0 Å². The number of nitrogens with zero attached hydrogens (tertiary/aromatic N) is 1. The van der Waals surface area contributed by atoms with Gasteiger partial charge in [0.15, 0.2) is 0 Å². The van der Waals surface area contributed by atoms with Crippen molar-refractivity contribution in [3.63, 3.8) is 0 Å². The van der Waals surface area contributed by atoms with E-state index in [-0.39, 0.29) is 23.8 Å². The molecule has 0 radical (unpaired) electrons. The lowest BCUT2D eigenvalue weighted by atomic mass is 9.94. The zero-order valence-corrected chi connectivity index (χ0v) is 14.4. The number of rotatable bonds is 3. The summed E-state index contributed by atoms with van der Waals surface area (Å²) in [4.78, 5) is 39.4. The highest BCUT2D eigenvalue weighted by atomic mass is 16.2. The third-order valence-electron chi connectivity index (χ3n) is 5.15. The van der Waals surface area contributed by atoms with E-state index < -0.39 is 0 Å². The standard InChI is InChI=1S/C21H20N2O3/c24-19(22-15-7-3-1-4-8-15)14-11-12-17-18(13-14)21(26)23(20(17)25)16-9-5-2-6-10-16/h1,3-4,7-8,11-13,16H,2,5-6,9-10H2,(H,22,24). The van der Waals surface area contributed by atoms with Crippen LogP contribution in [-0.2, 0) is 0 Å². The van der Waals surface area contributed by atoms with Gasteiger partial charge in [-0.15, -0.1) is 0 Å². The zero-order valence-electron chi connectivity index (χ0n) is 14.4. The predicted octanol–water partition coefficient (Wildman–Crippen LogP) is 3.87. The number of hydrogen-bond acceptors (Lipinski definition) is 3. The average Bonchev–Trinajstić information content (AvgIpc) is 2.93. The van der Waals surface area contributed by atoms with E-state index in [9.17, 15) is 14.4 Å². The van der Waals surface area contributed by atoms with Gasteiger partial charge < -0.3 is 5.32 Å². The van der Waals surface area contributed by atoms with Crippen molar-refractivity contribution in [1.29, 1.82) is 0 Å². The Morgan fingerprint density at radius 2 is 1.58 bits per heavy atom. The van der Waals surface area contributed by atoms with Gasteiger partial charge in [-0.2, -0.15) is 0 Å². The molecule has 0 unspecified atom stereocenters. The second kappa shape index (κ2) is 6.75. The van der Waals surface area contributed by atoms with Crippen LogP contribution in [0, 0.1) is 0 Å². The fraction of sp³-hybridized carbons (Fsp3) is 0.286. The Hall–Kier alpha value is -2.95. The molecule has 2 aromatic carbocycles. The number of carbonyl (C=O) groups is 3. The number of anilines is 1. The molecule has 1 aliphatic carbocycles. The van der Waals surface area contributed by atoms with E-state index in [1.54, 1.807) is 24.3 Å². The molecular formula is C21H20N2O3. The van der Waals surface area contributed by atoms with Crippen LogP contribution >= 0.6 is 0 Å². The fourth-order valence-corrected chi connectivity index (χ4v) is 3.80. The van der Waals surface area contributed by atoms with Crippen LogP contribution in [0.15, 0.2) is 48.5 Å². The van der Waals surface area contributed by atoms with Crippen LogP contribution in [0.1, 0.15) is 63.2 Å². The number of fused-ring (bicyclic) bond motifs is 1. The van der Waals surface area contributed by atoms with Crippen molar-refractivity contribution in [2.45, 2.75) is 38.1 Å². The lowest BCUT2D eigenvalue weighted by Crippen LogP contribution is -2.40. The van der Waals surface area contributed by atoms with Crippen molar-refractivity contribution in [3.05, 3.63) is 65.2 Å². The molecule has 0 atom stereocenters. The van der Waals surface area contributed by atoms with E-state index in [4.69, 9.17) is 0 Å². The summed E-state index contributed by atoms with van der Waals surface area (Å²) >= 11 is 0. The number of para-hydroxylation sites is 1. The summed E-state index contributed by atoms with van der Waals surface area (Å²) in [5.74, 6) is -0.798. The van der Waals surface area contributed by atoms with Gasteiger partial charge in [-0.05, 0) is 43.2 Å². The molecule has 0 saturated heterocycles. The molecule has 1 fully saturated rings. The largest absolute Gasteiger partial charge is 0.322 e. The van der Waals surface area contributed by atoms with Crippen molar-refractivity contribution in [2.75, 3.05) is 5.32 Å². The first-order chi connectivity index (χ1) is 12.6. The topological polar surface area (TPSA) is 66.5 Å². The Bertz CT molecular complexity index is 870. The van der Waals surface area contributed by atoms with Gasteiger partial charge >= 0.3 is 0 Å². The lowest BCUT2D eigenvalue weighted by molar-refractivity contribution is 0.0549. The molecule has 4 rings (SSSR count). The van der Waals surface area contributed by atoms with Crippen LogP contribution in [0.4, 0.5) is 5.69 Å². The minimum absolute atomic E-state index is 0.0160. The maximum absolute atomic E-state index is 12.8. The predicted molar refractivity (Wildman–Crippen MR) is 98.2 cm³/mol. The van der Waals surface area contributed by atoms with Gasteiger partial charge in [0.25, 0.3) is 17.7 Å². The van der Waals surface area contributed by atoms with Crippen LogP contribution in [0.5, 0.6) is 0 Å². The molecule has 1 saturated carbocycles. The lowest BCUT2D eigenvalue weighted by Gasteiger charge is -2.29. The van der Waals surface area contributed by atoms with Gasteiger partial charge in [0.2, 0.25) is 0 Å². The van der Waals surface area contributed by atoms with Crippen molar-refractivity contribution < 1.29 is 14.4 Å². The molecule has 1 aliphatic heterocycles. The van der Waals surface area contributed by atoms with Gasteiger partial charge in [0, 0.05) is 17.3 Å². The van der Waals surface area contributed by atoms with Crippen LogP contribution in [-0.4, -0.2) is 28.7 Å². The van der Waals surface area contributed by atoms with E-state index in [1.807, 2.05) is 18.2 Å². The highest BCUT2D eigenvalue weighted by Gasteiger charge is 2.40. The Morgan fingerprint density at radius 3 is 2.31 bits per heavy atom. The Balaban J connectivity index is 1.58. The van der Waals surface area contributed by atoms with Gasteiger partial charge in [-0.25, -0.2) is 0 Å². The molecule has 1 N–H and O–H groups in total. The Kier molecular flexibility index (Phi) is 4.29. The summed E-state index contributed by atoms with van der Waals surface area (Å²) in [6, 6.07) is 13.9. The second-order valence-electron chi connectivity index (χ2n) is 6.85. The molecule has 3 amide bonds. The molecule has 0 spiro atoms. The van der Waals surface area contributed by atoms with E-state index in [0.717, 1.165) is 32.1 Å². The minimum atomic E-state index is -0.296. The maximum atomic E-state index is 12.8. The zero-order chi connectivity index (χ0) is 18.1. The van der Waals surface area contributed by atoms with Crippen molar-refractivity contribution >= 4 is 23.4 Å². The van der Waals surface area contributed by atoms with Crippen LogP contribution in [0.25, 0.3) is 0 Å². The molecule has 0 bridgehead atoms. The number of hydrogen-bond donors (Lipinski definition) is 1. The first-order valence-corrected chi connectivity index (χ1v) is 9.03. The van der Waals surface area contributed by atoms with E-state index in [2.05, 4.69) is 5.32 Å².